The number of carbonyl (C=O) groups is 2. The molecule has 1 saturated heterocycles. The Morgan fingerprint density at radius 1 is 1.04 bits per heavy atom. The molecule has 0 saturated carbocycles. The molecule has 0 spiro atoms. The summed E-state index contributed by atoms with van der Waals surface area (Å²) < 4.78 is 5.17. The summed E-state index contributed by atoms with van der Waals surface area (Å²) in [6.45, 7) is 2.82. The van der Waals surface area contributed by atoms with E-state index in [4.69, 9.17) is 4.74 Å². The Labute approximate surface area is 162 Å². The minimum Gasteiger partial charge on any atom is -0.497 e. The Balaban J connectivity index is 1.47. The van der Waals surface area contributed by atoms with Crippen LogP contribution >= 0.6 is 0 Å². The summed E-state index contributed by atoms with van der Waals surface area (Å²) in [5, 5.41) is 0. The maximum absolute atomic E-state index is 12.7. The van der Waals surface area contributed by atoms with E-state index in [0.717, 1.165) is 56.5 Å². The number of hydrogen-bond acceptors (Lipinski definition) is 3. The second kappa shape index (κ2) is 9.58. The minimum atomic E-state index is 0.132. The van der Waals surface area contributed by atoms with E-state index >= 15 is 0 Å². The number of aryl methyl sites for hydroxylation is 1. The van der Waals surface area contributed by atoms with Crippen LogP contribution in [0.4, 0.5) is 0 Å². The van der Waals surface area contributed by atoms with E-state index in [-0.39, 0.29) is 17.7 Å². The van der Waals surface area contributed by atoms with Crippen LogP contribution in [0.5, 0.6) is 5.75 Å². The highest BCUT2D eigenvalue weighted by Crippen LogP contribution is 2.21. The van der Waals surface area contributed by atoms with Crippen LogP contribution in [0.25, 0.3) is 0 Å². The number of benzene rings is 1. The monoisotopic (exact) mass is 370 g/mol. The van der Waals surface area contributed by atoms with Crippen LogP contribution in [0, 0.1) is 5.92 Å². The van der Waals surface area contributed by atoms with Gasteiger partial charge in [-0.15, -0.1) is 0 Å². The molecule has 1 fully saturated rings. The first kappa shape index (κ1) is 19.5. The lowest BCUT2D eigenvalue weighted by Crippen LogP contribution is -2.40. The van der Waals surface area contributed by atoms with E-state index < -0.39 is 0 Å². The van der Waals surface area contributed by atoms with Gasteiger partial charge >= 0.3 is 0 Å². The van der Waals surface area contributed by atoms with Crippen LogP contribution in [0.1, 0.15) is 37.7 Å². The summed E-state index contributed by atoms with van der Waals surface area (Å²) in [6.07, 6.45) is 9.21. The highest BCUT2D eigenvalue weighted by Gasteiger charge is 2.27. The first-order chi connectivity index (χ1) is 13.2. The fourth-order valence-corrected chi connectivity index (χ4v) is 3.86. The van der Waals surface area contributed by atoms with Crippen LogP contribution < -0.4 is 4.74 Å². The third kappa shape index (κ3) is 5.34. The normalized spacial score (nSPS) is 20.3. The van der Waals surface area contributed by atoms with E-state index in [1.165, 1.54) is 0 Å². The summed E-state index contributed by atoms with van der Waals surface area (Å²) in [6, 6.07) is 7.87. The third-order valence-corrected chi connectivity index (χ3v) is 5.57. The van der Waals surface area contributed by atoms with E-state index in [2.05, 4.69) is 12.2 Å². The van der Waals surface area contributed by atoms with Gasteiger partial charge in [0.05, 0.1) is 7.11 Å². The van der Waals surface area contributed by atoms with Crippen molar-refractivity contribution in [1.29, 1.82) is 0 Å². The van der Waals surface area contributed by atoms with Crippen molar-refractivity contribution in [2.75, 3.05) is 33.3 Å². The number of carbonyl (C=O) groups excluding carboxylic acids is 2. The molecule has 0 radical (unpaired) electrons. The Morgan fingerprint density at radius 2 is 1.78 bits per heavy atom. The van der Waals surface area contributed by atoms with Crippen molar-refractivity contribution in [3.63, 3.8) is 0 Å². The van der Waals surface area contributed by atoms with Crippen molar-refractivity contribution < 1.29 is 14.3 Å². The number of hydrogen-bond donors (Lipinski definition) is 0. The lowest BCUT2D eigenvalue weighted by Gasteiger charge is -2.27. The van der Waals surface area contributed by atoms with Gasteiger partial charge in [-0.2, -0.15) is 0 Å². The molecular formula is C22H30N2O3. The molecule has 1 aromatic carbocycles. The van der Waals surface area contributed by atoms with Crippen LogP contribution in [0.2, 0.25) is 0 Å². The van der Waals surface area contributed by atoms with E-state index in [0.29, 0.717) is 19.5 Å². The summed E-state index contributed by atoms with van der Waals surface area (Å²) in [5.74, 6) is 1.41. The topological polar surface area (TPSA) is 49.9 Å². The van der Waals surface area contributed by atoms with Crippen LogP contribution in [0.3, 0.4) is 0 Å². The van der Waals surface area contributed by atoms with Gasteiger partial charge in [0.15, 0.2) is 0 Å². The summed E-state index contributed by atoms with van der Waals surface area (Å²) >= 11 is 0. The molecule has 2 amide bonds. The second-order valence-corrected chi connectivity index (χ2v) is 7.39. The molecule has 3 rings (SSSR count). The average molecular weight is 370 g/mol. The third-order valence-electron chi connectivity index (χ3n) is 5.57. The van der Waals surface area contributed by atoms with Gasteiger partial charge in [0.1, 0.15) is 5.75 Å². The molecule has 0 aromatic heterocycles. The van der Waals surface area contributed by atoms with E-state index in [1.807, 2.05) is 34.1 Å². The molecule has 5 heteroatoms. The number of rotatable bonds is 5. The molecule has 1 heterocycles. The maximum Gasteiger partial charge on any atom is 0.226 e. The lowest BCUT2D eigenvalue weighted by molar-refractivity contribution is -0.136. The molecule has 2 aliphatic rings. The number of ether oxygens (including phenoxy) is 1. The molecule has 1 aliphatic carbocycles. The van der Waals surface area contributed by atoms with Crippen molar-refractivity contribution in [3.05, 3.63) is 42.0 Å². The quantitative estimate of drug-likeness (QED) is 0.749. The minimum absolute atomic E-state index is 0.132. The summed E-state index contributed by atoms with van der Waals surface area (Å²) in [4.78, 5) is 29.2. The first-order valence-electron chi connectivity index (χ1n) is 10.0. The summed E-state index contributed by atoms with van der Waals surface area (Å²) in [5.41, 5.74) is 1.14. The van der Waals surface area contributed by atoms with Gasteiger partial charge in [-0.3, -0.25) is 9.59 Å². The largest absolute Gasteiger partial charge is 0.497 e. The predicted molar refractivity (Wildman–Crippen MR) is 106 cm³/mol. The Hall–Kier alpha value is -2.30. The fourth-order valence-electron chi connectivity index (χ4n) is 3.86. The zero-order chi connectivity index (χ0) is 19.1. The maximum atomic E-state index is 12.7. The van der Waals surface area contributed by atoms with Gasteiger partial charge in [0.25, 0.3) is 0 Å². The Bertz CT molecular complexity index is 669. The standard InChI is InChI=1S/C22H30N2O3/c1-27-20-11-8-18(9-12-20)10-13-21(25)23-14-5-15-24(17-16-23)22(26)19-6-3-2-4-7-19/h2-3,8-9,11-12,19H,4-7,10,13-17H2,1H3. The van der Waals surface area contributed by atoms with Gasteiger partial charge in [-0.05, 0) is 49.8 Å². The summed E-state index contributed by atoms with van der Waals surface area (Å²) in [7, 11) is 1.65. The van der Waals surface area contributed by atoms with Gasteiger partial charge in [-0.25, -0.2) is 0 Å². The van der Waals surface area contributed by atoms with Crippen molar-refractivity contribution in [3.8, 4) is 5.75 Å². The van der Waals surface area contributed by atoms with Gasteiger partial charge in [0, 0.05) is 38.5 Å². The molecule has 1 aliphatic heterocycles. The highest BCUT2D eigenvalue weighted by atomic mass is 16.5. The molecule has 1 unspecified atom stereocenters. The molecule has 27 heavy (non-hydrogen) atoms. The number of amides is 2. The van der Waals surface area contributed by atoms with Crippen molar-refractivity contribution in [1.82, 2.24) is 9.80 Å². The number of nitrogens with zero attached hydrogens (tertiary/aromatic N) is 2. The number of allylic oxidation sites excluding steroid dienone is 2. The first-order valence-corrected chi connectivity index (χ1v) is 10.0. The van der Waals surface area contributed by atoms with Crippen molar-refractivity contribution >= 4 is 11.8 Å². The smallest absolute Gasteiger partial charge is 0.226 e. The molecule has 0 bridgehead atoms. The van der Waals surface area contributed by atoms with Gasteiger partial charge in [0.2, 0.25) is 11.8 Å². The van der Waals surface area contributed by atoms with Crippen molar-refractivity contribution in [2.24, 2.45) is 5.92 Å². The number of methoxy groups -OCH3 is 1. The lowest BCUT2D eigenvalue weighted by atomic mass is 9.93. The molecular weight excluding hydrogens is 340 g/mol. The Kier molecular flexibility index (Phi) is 6.91. The van der Waals surface area contributed by atoms with Gasteiger partial charge < -0.3 is 14.5 Å². The van der Waals surface area contributed by atoms with Crippen LogP contribution in [0.15, 0.2) is 36.4 Å². The van der Waals surface area contributed by atoms with Crippen molar-refractivity contribution in [2.45, 2.75) is 38.5 Å². The fraction of sp³-hybridized carbons (Fsp3) is 0.545. The zero-order valence-corrected chi connectivity index (χ0v) is 16.2. The molecule has 0 N–H and O–H groups in total. The molecule has 146 valence electrons. The second-order valence-electron chi connectivity index (χ2n) is 7.39. The van der Waals surface area contributed by atoms with Gasteiger partial charge in [-0.1, -0.05) is 24.3 Å². The Morgan fingerprint density at radius 3 is 2.48 bits per heavy atom. The zero-order valence-electron chi connectivity index (χ0n) is 16.2. The molecule has 1 atom stereocenters. The van der Waals surface area contributed by atoms with Crippen LogP contribution in [-0.4, -0.2) is 54.9 Å². The molecule has 5 nitrogen and oxygen atoms in total. The predicted octanol–water partition coefficient (Wildman–Crippen LogP) is 3.05. The average Bonchev–Trinajstić information content (AvgIpc) is 2.99. The SMILES string of the molecule is COc1ccc(CCC(=O)N2CCCN(C(=O)C3CC=CCC3)CC2)cc1. The highest BCUT2D eigenvalue weighted by molar-refractivity contribution is 5.80. The van der Waals surface area contributed by atoms with E-state index in [1.54, 1.807) is 7.11 Å². The van der Waals surface area contributed by atoms with Crippen LogP contribution in [-0.2, 0) is 16.0 Å². The molecule has 1 aromatic rings. The van der Waals surface area contributed by atoms with E-state index in [9.17, 15) is 9.59 Å².